The van der Waals surface area contributed by atoms with Crippen molar-refractivity contribution in [1.29, 1.82) is 0 Å². The van der Waals surface area contributed by atoms with Crippen LogP contribution in [-0.4, -0.2) is 40.1 Å². The number of carboxylic acids is 1. The number of hydrogen-bond donors (Lipinski definition) is 1. The van der Waals surface area contributed by atoms with Gasteiger partial charge in [-0.25, -0.2) is 0 Å². The van der Waals surface area contributed by atoms with Gasteiger partial charge in [-0.05, 0) is 11.6 Å². The molecular weight excluding hydrogens is 336 g/mol. The van der Waals surface area contributed by atoms with Crippen molar-refractivity contribution < 1.29 is 19.5 Å². The van der Waals surface area contributed by atoms with Gasteiger partial charge in [-0.3, -0.25) is 14.5 Å². The van der Waals surface area contributed by atoms with Crippen molar-refractivity contribution >= 4 is 52.2 Å². The molecule has 0 aromatic heterocycles. The Morgan fingerprint density at radius 2 is 2.00 bits per heavy atom. The van der Waals surface area contributed by atoms with Gasteiger partial charge in [0.1, 0.15) is 4.32 Å². The molecular formula is C15H13N2O4S2-. The van der Waals surface area contributed by atoms with Gasteiger partial charge in [-0.2, -0.15) is 0 Å². The summed E-state index contributed by atoms with van der Waals surface area (Å²) in [5.74, 6) is -2.10. The molecule has 23 heavy (non-hydrogen) atoms. The molecule has 0 atom stereocenters. The molecule has 120 valence electrons. The highest BCUT2D eigenvalue weighted by atomic mass is 32.2. The highest BCUT2D eigenvalue weighted by molar-refractivity contribution is 8.26. The molecule has 1 aromatic rings. The quantitative estimate of drug-likeness (QED) is 0.581. The van der Waals surface area contributed by atoms with E-state index < -0.39 is 18.4 Å². The number of nitrogens with zero attached hydrogens (tertiary/aromatic N) is 1. The van der Waals surface area contributed by atoms with Gasteiger partial charge in [0.05, 0.1) is 17.4 Å². The first-order valence-electron chi connectivity index (χ1n) is 6.74. The van der Waals surface area contributed by atoms with Gasteiger partial charge in [-0.15, -0.1) is 0 Å². The fourth-order valence-corrected chi connectivity index (χ4v) is 3.17. The summed E-state index contributed by atoms with van der Waals surface area (Å²) in [7, 11) is 0. The zero-order valence-electron chi connectivity index (χ0n) is 12.0. The molecule has 0 spiro atoms. The molecule has 0 saturated carbocycles. The lowest BCUT2D eigenvalue weighted by atomic mass is 10.2. The van der Waals surface area contributed by atoms with Crippen molar-refractivity contribution in [1.82, 2.24) is 10.2 Å². The van der Waals surface area contributed by atoms with Gasteiger partial charge < -0.3 is 15.2 Å². The summed E-state index contributed by atoms with van der Waals surface area (Å²) in [6.45, 7) is -0.444. The van der Waals surface area contributed by atoms with E-state index in [1.165, 1.54) is 16.7 Å². The zero-order valence-corrected chi connectivity index (χ0v) is 13.6. The first-order chi connectivity index (χ1) is 11.0. The third-order valence-electron chi connectivity index (χ3n) is 2.96. The topological polar surface area (TPSA) is 89.5 Å². The minimum atomic E-state index is -1.37. The van der Waals surface area contributed by atoms with Gasteiger partial charge in [0.15, 0.2) is 0 Å². The maximum Gasteiger partial charge on any atom is 0.266 e. The number of nitrogens with one attached hydrogen (secondary N) is 1. The molecule has 0 radical (unpaired) electrons. The maximum absolute atomic E-state index is 12.3. The molecule has 0 bridgehead atoms. The van der Waals surface area contributed by atoms with Crippen molar-refractivity contribution in [2.45, 2.75) is 6.42 Å². The fourth-order valence-electron chi connectivity index (χ4n) is 1.87. The highest BCUT2D eigenvalue weighted by Gasteiger charge is 2.31. The second-order valence-corrected chi connectivity index (χ2v) is 6.32. The molecule has 0 unspecified atom stereocenters. The van der Waals surface area contributed by atoms with Gasteiger partial charge in [0.2, 0.25) is 5.91 Å². The Balaban J connectivity index is 1.95. The average molecular weight is 349 g/mol. The predicted molar refractivity (Wildman–Crippen MR) is 89.0 cm³/mol. The van der Waals surface area contributed by atoms with E-state index in [0.29, 0.717) is 9.23 Å². The minimum Gasteiger partial charge on any atom is -0.548 e. The molecule has 1 aromatic carbocycles. The monoisotopic (exact) mass is 349 g/mol. The largest absolute Gasteiger partial charge is 0.548 e. The second kappa shape index (κ2) is 7.89. The van der Waals surface area contributed by atoms with Crippen LogP contribution in [0.3, 0.4) is 0 Å². The van der Waals surface area contributed by atoms with E-state index in [4.69, 9.17) is 12.2 Å². The molecule has 1 fully saturated rings. The Bertz CT molecular complexity index is 673. The summed E-state index contributed by atoms with van der Waals surface area (Å²) in [6.07, 6.45) is 1.72. The molecule has 8 heteroatoms. The number of carbonyl (C=O) groups excluding carboxylic acids is 3. The van der Waals surface area contributed by atoms with Crippen molar-refractivity contribution in [3.63, 3.8) is 0 Å². The number of rotatable bonds is 6. The number of benzene rings is 1. The summed E-state index contributed by atoms with van der Waals surface area (Å²) >= 11 is 6.34. The number of carboxylic acid groups (broad SMARTS) is 1. The molecule has 6 nitrogen and oxygen atoms in total. The Morgan fingerprint density at radius 3 is 2.65 bits per heavy atom. The van der Waals surface area contributed by atoms with Gasteiger partial charge in [0.25, 0.3) is 5.91 Å². The fraction of sp³-hybridized carbons (Fsp3) is 0.200. The maximum atomic E-state index is 12.3. The van der Waals surface area contributed by atoms with Crippen LogP contribution in [0, 0.1) is 0 Å². The third kappa shape index (κ3) is 4.90. The van der Waals surface area contributed by atoms with Crippen molar-refractivity contribution in [3.8, 4) is 0 Å². The number of amides is 2. The smallest absolute Gasteiger partial charge is 0.266 e. The number of hydrogen-bond acceptors (Lipinski definition) is 6. The van der Waals surface area contributed by atoms with Crippen LogP contribution < -0.4 is 10.4 Å². The van der Waals surface area contributed by atoms with Crippen LogP contribution in [0.15, 0.2) is 35.2 Å². The zero-order chi connectivity index (χ0) is 16.8. The summed E-state index contributed by atoms with van der Waals surface area (Å²) in [5, 5.41) is 12.4. The van der Waals surface area contributed by atoms with Gasteiger partial charge in [-0.1, -0.05) is 54.3 Å². The third-order valence-corrected chi connectivity index (χ3v) is 4.34. The molecule has 2 amide bonds. The van der Waals surface area contributed by atoms with Gasteiger partial charge in [0, 0.05) is 13.0 Å². The molecule has 2 rings (SSSR count). The van der Waals surface area contributed by atoms with E-state index in [1.807, 2.05) is 30.3 Å². The van der Waals surface area contributed by atoms with Crippen LogP contribution in [0.4, 0.5) is 0 Å². The van der Waals surface area contributed by atoms with Crippen LogP contribution in [0.2, 0.25) is 0 Å². The summed E-state index contributed by atoms with van der Waals surface area (Å²) in [4.78, 5) is 35.9. The Morgan fingerprint density at radius 1 is 1.30 bits per heavy atom. The molecule has 1 N–H and O–H groups in total. The molecule has 1 heterocycles. The lowest BCUT2D eigenvalue weighted by molar-refractivity contribution is -0.304. The van der Waals surface area contributed by atoms with E-state index in [9.17, 15) is 19.5 Å². The first-order valence-corrected chi connectivity index (χ1v) is 7.97. The van der Waals surface area contributed by atoms with Gasteiger partial charge >= 0.3 is 0 Å². The Labute approximate surface area is 142 Å². The molecule has 0 aliphatic carbocycles. The molecule has 1 saturated heterocycles. The Kier molecular flexibility index (Phi) is 5.89. The summed E-state index contributed by atoms with van der Waals surface area (Å²) in [5.41, 5.74) is 0.889. The van der Waals surface area contributed by atoms with Crippen LogP contribution in [0.1, 0.15) is 12.0 Å². The Hall–Kier alpha value is -2.19. The molecule has 1 aliphatic rings. The number of aliphatic carboxylic acids is 1. The summed E-state index contributed by atoms with van der Waals surface area (Å²) < 4.78 is 0.380. The van der Waals surface area contributed by atoms with Crippen LogP contribution in [0.5, 0.6) is 0 Å². The van der Waals surface area contributed by atoms with Crippen LogP contribution in [-0.2, 0) is 14.4 Å². The number of thioether (sulfide) groups is 1. The number of thiocarbonyl (C=S) groups is 1. The van der Waals surface area contributed by atoms with E-state index >= 15 is 0 Å². The predicted octanol–water partition coefficient (Wildman–Crippen LogP) is 0.144. The first kappa shape index (κ1) is 17.2. The lowest BCUT2D eigenvalue weighted by Gasteiger charge is -2.14. The van der Waals surface area contributed by atoms with Crippen molar-refractivity contribution in [3.05, 3.63) is 40.8 Å². The summed E-state index contributed by atoms with van der Waals surface area (Å²) in [6, 6.07) is 9.37. The lowest BCUT2D eigenvalue weighted by Crippen LogP contribution is -2.39. The second-order valence-electron chi connectivity index (χ2n) is 4.64. The highest BCUT2D eigenvalue weighted by Crippen LogP contribution is 2.32. The minimum absolute atomic E-state index is 0.0294. The molecule has 1 aliphatic heterocycles. The van der Waals surface area contributed by atoms with E-state index in [1.54, 1.807) is 6.08 Å². The standard InChI is InChI=1S/C15H14N2O4S2/c18-12(16-9-13(19)20)6-7-17-14(21)11(23-15(17)22)8-10-4-2-1-3-5-10/h1-5,8H,6-7,9H2,(H,16,18)(H,19,20)/p-1/b11-8+. The van der Waals surface area contributed by atoms with E-state index in [-0.39, 0.29) is 18.9 Å². The van der Waals surface area contributed by atoms with Crippen molar-refractivity contribution in [2.75, 3.05) is 13.1 Å². The SMILES string of the molecule is O=C([O-])CNC(=O)CCN1C(=O)/C(=C\c2ccccc2)SC1=S. The van der Waals surface area contributed by atoms with E-state index in [0.717, 1.165) is 5.56 Å². The van der Waals surface area contributed by atoms with Crippen molar-refractivity contribution in [2.24, 2.45) is 0 Å². The van der Waals surface area contributed by atoms with Crippen LogP contribution in [0.25, 0.3) is 6.08 Å². The average Bonchev–Trinajstić information content (AvgIpc) is 2.78. The van der Waals surface area contributed by atoms with Crippen LogP contribution >= 0.6 is 24.0 Å². The number of carbonyl (C=O) groups is 3. The van der Waals surface area contributed by atoms with E-state index in [2.05, 4.69) is 5.32 Å². The normalized spacial score (nSPS) is 16.0.